The minimum Gasteiger partial charge on any atom is -0.355 e. The highest BCUT2D eigenvalue weighted by atomic mass is 32.1. The van der Waals surface area contributed by atoms with Gasteiger partial charge in [0.05, 0.1) is 21.7 Å². The largest absolute Gasteiger partial charge is 0.355 e. The van der Waals surface area contributed by atoms with Crippen LogP contribution in [0.15, 0.2) is 485 Å². The first-order chi connectivity index (χ1) is 67.3. The summed E-state index contributed by atoms with van der Waals surface area (Å²) in [7, 11) is 0. The Labute approximate surface area is 797 Å². The van der Waals surface area contributed by atoms with E-state index in [2.05, 4.69) is 510 Å². The molecule has 22 aromatic rings. The van der Waals surface area contributed by atoms with Crippen molar-refractivity contribution in [3.05, 3.63) is 597 Å². The van der Waals surface area contributed by atoms with Crippen LogP contribution in [0.5, 0.6) is 0 Å². The van der Waals surface area contributed by atoms with Crippen LogP contribution < -0.4 is 10.6 Å². The van der Waals surface area contributed by atoms with Crippen molar-refractivity contribution in [2.24, 2.45) is 0 Å². The molecule has 638 valence electrons. The summed E-state index contributed by atoms with van der Waals surface area (Å²) in [6.07, 6.45) is 0.841. The molecule has 0 amide bonds. The topological polar surface area (TPSA) is 24.1 Å². The molecule has 0 saturated heterocycles. The van der Waals surface area contributed by atoms with Crippen LogP contribution in [0.4, 0.5) is 22.7 Å². The van der Waals surface area contributed by atoms with Crippen molar-refractivity contribution in [1.29, 1.82) is 0 Å². The lowest BCUT2D eigenvalue weighted by Gasteiger charge is -2.34. The average molecular weight is 1750 g/mol. The molecule has 29 rings (SSSR count). The van der Waals surface area contributed by atoms with Gasteiger partial charge in [0, 0.05) is 54.0 Å². The zero-order valence-corrected chi connectivity index (χ0v) is 76.1. The van der Waals surface area contributed by atoms with E-state index >= 15 is 0 Å². The standard InChI is InChI=1S/C51H34.C43H27NS.C39H29N/c1-3-19-36(20-4-1)50(37-21-5-2-6-22-37)44-29-13-9-25-40(44)48-34(17-15-31-46(48)50)33-35-18-16-32-47-49(35)41-26-10-14-30-45(41)51(47)42-27-11-7-23-38(42)39-24-8-12-28-43(39)51;1-5-20-35-30(14-1)31-15-2-6-21-36(31)43(35)37-22-7-3-17-34(37)41-38(43)23-11-24-39(41)44-28-13-9-12-27(26-28)29-18-10-19-33-32-16-4-8-25-40(32)45-42(29)33;1-25-11-9-12-27(23-25)28-21-22-36(26(2)24-28)40-37-20-10-19-35-38(37)31-15-5-8-18-34(31)39(35)32-16-6-3-13-29(32)30-14-4-7-17-33(30)39/h1-32H,33H2;1-26,44H;3-24,40H,1-2H3. The molecule has 0 aliphatic heterocycles. The van der Waals surface area contributed by atoms with Gasteiger partial charge in [0.1, 0.15) is 0 Å². The number of fused-ring (bicyclic) bond motifs is 36. The van der Waals surface area contributed by atoms with Gasteiger partial charge in [-0.2, -0.15) is 0 Å². The van der Waals surface area contributed by atoms with Crippen LogP contribution in [0.1, 0.15) is 111 Å². The van der Waals surface area contributed by atoms with Crippen LogP contribution in [0.2, 0.25) is 0 Å². The number of anilines is 4. The Kier molecular flexibility index (Phi) is 18.1. The average Bonchev–Trinajstić information content (AvgIpc) is 1.54. The van der Waals surface area contributed by atoms with Crippen LogP contribution in [-0.4, -0.2) is 0 Å². The van der Waals surface area contributed by atoms with E-state index in [0.717, 1.165) is 29.2 Å². The summed E-state index contributed by atoms with van der Waals surface area (Å²) in [6, 6.07) is 180. The van der Waals surface area contributed by atoms with Crippen molar-refractivity contribution in [3.8, 4) is 100 Å². The predicted molar refractivity (Wildman–Crippen MR) is 567 cm³/mol. The van der Waals surface area contributed by atoms with E-state index in [0.29, 0.717) is 0 Å². The van der Waals surface area contributed by atoms with Crippen molar-refractivity contribution in [2.75, 3.05) is 10.6 Å². The number of hydrogen-bond donors (Lipinski definition) is 2. The van der Waals surface area contributed by atoms with Gasteiger partial charge in [0.25, 0.3) is 0 Å². The fourth-order valence-electron chi connectivity index (χ4n) is 25.6. The molecule has 2 nitrogen and oxygen atoms in total. The first-order valence-corrected chi connectivity index (χ1v) is 48.5. The lowest BCUT2D eigenvalue weighted by molar-refractivity contribution is 0.768. The lowest BCUT2D eigenvalue weighted by atomic mass is 9.67. The van der Waals surface area contributed by atoms with Gasteiger partial charge >= 0.3 is 0 Å². The molecule has 7 aliphatic carbocycles. The van der Waals surface area contributed by atoms with Gasteiger partial charge < -0.3 is 10.6 Å². The molecule has 1 heterocycles. The maximum absolute atomic E-state index is 3.89. The van der Waals surface area contributed by atoms with E-state index in [1.54, 1.807) is 0 Å². The summed E-state index contributed by atoms with van der Waals surface area (Å²) in [6.45, 7) is 4.34. The fraction of sp³-hybridized carbons (Fsp3) is 0.0526. The Morgan fingerprint density at radius 3 is 0.985 bits per heavy atom. The third kappa shape index (κ3) is 11.3. The second kappa shape index (κ2) is 31.0. The van der Waals surface area contributed by atoms with Crippen molar-refractivity contribution in [2.45, 2.75) is 41.9 Å². The van der Waals surface area contributed by atoms with Crippen molar-refractivity contribution >= 4 is 54.3 Å². The Hall–Kier alpha value is -16.6. The highest BCUT2D eigenvalue weighted by Gasteiger charge is 2.56. The summed E-state index contributed by atoms with van der Waals surface area (Å²) >= 11 is 1.88. The number of benzene rings is 21. The van der Waals surface area contributed by atoms with E-state index in [-0.39, 0.29) is 16.2 Å². The molecular weight excluding hydrogens is 1660 g/mol. The maximum Gasteiger partial charge on any atom is 0.0726 e. The molecule has 0 bridgehead atoms. The second-order valence-electron chi connectivity index (χ2n) is 37.5. The Balaban J connectivity index is 0.000000104. The molecule has 3 heteroatoms. The minimum atomic E-state index is -0.406. The number of nitrogens with one attached hydrogen (secondary N) is 2. The summed E-state index contributed by atoms with van der Waals surface area (Å²) < 4.78 is 2.67. The molecule has 3 spiro atoms. The molecule has 7 aliphatic rings. The first-order valence-electron chi connectivity index (χ1n) is 47.6. The van der Waals surface area contributed by atoms with Crippen molar-refractivity contribution in [3.63, 3.8) is 0 Å². The zero-order chi connectivity index (χ0) is 90.0. The maximum atomic E-state index is 3.89. The monoisotopic (exact) mass is 1750 g/mol. The number of thiophene rings is 1. The third-order valence-corrected chi connectivity index (χ3v) is 32.0. The molecule has 0 saturated carbocycles. The van der Waals surface area contributed by atoms with Gasteiger partial charge in [-0.1, -0.05) is 448 Å². The SMILES string of the molecule is Cc1cccc(-c2ccc(Nc3cccc4c3-c3ccccc3C43c4ccccc4-c4ccccc43)c(C)c2)c1.c1cc(Nc2cccc3c2-c2ccccc2C32c3ccccc3-c3ccccc32)cc(-c2cccc3c2sc2ccccc23)c1.c1ccc(C2(c3ccccc3)c3ccccc3-c3c(Cc4cccc5c4-c4ccccc4C54c5ccccc5-c5ccccc54)cccc32)cc1. The third-order valence-electron chi connectivity index (χ3n) is 30.8. The summed E-state index contributed by atoms with van der Waals surface area (Å²) in [5.74, 6) is 0. The van der Waals surface area contributed by atoms with Gasteiger partial charge in [-0.15, -0.1) is 11.3 Å². The van der Waals surface area contributed by atoms with E-state index in [4.69, 9.17) is 0 Å². The van der Waals surface area contributed by atoms with Crippen LogP contribution in [0.25, 0.3) is 120 Å². The smallest absolute Gasteiger partial charge is 0.0726 e. The van der Waals surface area contributed by atoms with Crippen LogP contribution in [-0.2, 0) is 28.1 Å². The van der Waals surface area contributed by atoms with Crippen molar-refractivity contribution < 1.29 is 0 Å². The molecular formula is C133H90N2S. The summed E-state index contributed by atoms with van der Waals surface area (Å²) in [5.41, 5.74) is 53.8. The summed E-state index contributed by atoms with van der Waals surface area (Å²) in [5, 5.41) is 10.4. The van der Waals surface area contributed by atoms with E-state index in [9.17, 15) is 0 Å². The first kappa shape index (κ1) is 79.2. The Morgan fingerprint density at radius 2 is 0.529 bits per heavy atom. The van der Waals surface area contributed by atoms with Gasteiger partial charge in [0.15, 0.2) is 0 Å². The lowest BCUT2D eigenvalue weighted by Crippen LogP contribution is -2.28. The molecule has 2 N–H and O–H groups in total. The van der Waals surface area contributed by atoms with E-state index < -0.39 is 5.41 Å². The highest BCUT2D eigenvalue weighted by Crippen LogP contribution is 2.69. The van der Waals surface area contributed by atoms with Crippen LogP contribution >= 0.6 is 11.3 Å². The van der Waals surface area contributed by atoms with Gasteiger partial charge in [-0.25, -0.2) is 0 Å². The van der Waals surface area contributed by atoms with Gasteiger partial charge in [-0.05, 0) is 257 Å². The quantitative estimate of drug-likeness (QED) is 0.143. The molecule has 1 aromatic heterocycles. The summed E-state index contributed by atoms with van der Waals surface area (Å²) in [4.78, 5) is 0. The van der Waals surface area contributed by atoms with E-state index in [1.165, 1.54) is 232 Å². The van der Waals surface area contributed by atoms with Gasteiger partial charge in [0.2, 0.25) is 0 Å². The Bertz CT molecular complexity index is 8430. The van der Waals surface area contributed by atoms with Crippen molar-refractivity contribution in [1.82, 2.24) is 0 Å². The Morgan fingerprint density at radius 1 is 0.206 bits per heavy atom. The molecule has 136 heavy (non-hydrogen) atoms. The van der Waals surface area contributed by atoms with Crippen LogP contribution in [0, 0.1) is 13.8 Å². The number of aryl methyl sites for hydroxylation is 2. The minimum absolute atomic E-state index is 0.319. The fourth-order valence-corrected chi connectivity index (χ4v) is 26.9. The molecule has 0 radical (unpaired) electrons. The zero-order valence-electron chi connectivity index (χ0n) is 75.3. The molecule has 0 atom stereocenters. The molecule has 0 fully saturated rings. The number of rotatable bonds is 10. The highest BCUT2D eigenvalue weighted by molar-refractivity contribution is 7.26. The predicted octanol–water partition coefficient (Wildman–Crippen LogP) is 33.9. The normalized spacial score (nSPS) is 13.9. The molecule has 0 unspecified atom stereocenters. The van der Waals surface area contributed by atoms with E-state index in [1.807, 2.05) is 11.3 Å². The second-order valence-corrected chi connectivity index (χ2v) is 38.6. The number of hydrogen-bond acceptors (Lipinski definition) is 3. The van der Waals surface area contributed by atoms with Crippen LogP contribution in [0.3, 0.4) is 0 Å². The van der Waals surface area contributed by atoms with Gasteiger partial charge in [-0.3, -0.25) is 0 Å². The molecule has 21 aromatic carbocycles.